The van der Waals surface area contributed by atoms with E-state index in [-0.39, 0.29) is 12.3 Å². The molecule has 1 aromatic carbocycles. The fourth-order valence-corrected chi connectivity index (χ4v) is 2.03. The van der Waals surface area contributed by atoms with Crippen LogP contribution in [0.25, 0.3) is 0 Å². The average Bonchev–Trinajstić information content (AvgIpc) is 2.37. The van der Waals surface area contributed by atoms with Crippen LogP contribution in [0.5, 0.6) is 0 Å². The summed E-state index contributed by atoms with van der Waals surface area (Å²) in [7, 11) is 0. The predicted molar refractivity (Wildman–Crippen MR) is 77.1 cm³/mol. The molecule has 5 nitrogen and oxygen atoms in total. The SMILES string of the molecule is CSCC[C@H](NC(=O)Cc1ccc(N)cc1)C(=O)O. The lowest BCUT2D eigenvalue weighted by molar-refractivity contribution is -0.141. The van der Waals surface area contributed by atoms with Crippen LogP contribution in [0.3, 0.4) is 0 Å². The summed E-state index contributed by atoms with van der Waals surface area (Å²) in [5, 5.41) is 11.5. The van der Waals surface area contributed by atoms with Gasteiger partial charge in [0.1, 0.15) is 6.04 Å². The smallest absolute Gasteiger partial charge is 0.326 e. The Morgan fingerprint density at radius 2 is 2.00 bits per heavy atom. The highest BCUT2D eigenvalue weighted by atomic mass is 32.2. The van der Waals surface area contributed by atoms with E-state index in [1.807, 2.05) is 6.26 Å². The Morgan fingerprint density at radius 3 is 2.53 bits per heavy atom. The molecule has 0 bridgehead atoms. The number of carbonyl (C=O) groups excluding carboxylic acids is 1. The number of anilines is 1. The van der Waals surface area contributed by atoms with E-state index >= 15 is 0 Å². The lowest BCUT2D eigenvalue weighted by Crippen LogP contribution is -2.41. The summed E-state index contributed by atoms with van der Waals surface area (Å²) in [4.78, 5) is 22.8. The number of nitrogens with two attached hydrogens (primary N) is 1. The Hall–Kier alpha value is -1.69. The normalized spacial score (nSPS) is 11.8. The molecular weight excluding hydrogens is 264 g/mol. The number of carboxylic acid groups (broad SMARTS) is 1. The zero-order valence-corrected chi connectivity index (χ0v) is 11.6. The first-order chi connectivity index (χ1) is 9.02. The third-order valence-electron chi connectivity index (χ3n) is 2.59. The highest BCUT2D eigenvalue weighted by molar-refractivity contribution is 7.98. The van der Waals surface area contributed by atoms with E-state index in [1.54, 1.807) is 36.0 Å². The molecule has 4 N–H and O–H groups in total. The topological polar surface area (TPSA) is 92.4 Å². The molecule has 1 amide bonds. The summed E-state index contributed by atoms with van der Waals surface area (Å²) in [6.07, 6.45) is 2.47. The van der Waals surface area contributed by atoms with Crippen molar-refractivity contribution in [2.24, 2.45) is 0 Å². The first kappa shape index (κ1) is 15.4. The molecule has 0 unspecified atom stereocenters. The van der Waals surface area contributed by atoms with Crippen molar-refractivity contribution in [2.75, 3.05) is 17.7 Å². The van der Waals surface area contributed by atoms with Crippen molar-refractivity contribution < 1.29 is 14.7 Å². The van der Waals surface area contributed by atoms with Gasteiger partial charge in [0, 0.05) is 5.69 Å². The number of benzene rings is 1. The standard InChI is InChI=1S/C13H18N2O3S/c1-19-7-6-11(13(17)18)15-12(16)8-9-2-4-10(14)5-3-9/h2-5,11H,6-8,14H2,1H3,(H,15,16)(H,17,18)/t11-/m0/s1. The van der Waals surface area contributed by atoms with Crippen LogP contribution < -0.4 is 11.1 Å². The quantitative estimate of drug-likeness (QED) is 0.652. The molecule has 0 aromatic heterocycles. The maximum Gasteiger partial charge on any atom is 0.326 e. The minimum absolute atomic E-state index is 0.156. The molecular formula is C13H18N2O3S. The molecule has 0 saturated heterocycles. The fraction of sp³-hybridized carbons (Fsp3) is 0.385. The van der Waals surface area contributed by atoms with Gasteiger partial charge in [-0.25, -0.2) is 4.79 Å². The molecule has 19 heavy (non-hydrogen) atoms. The summed E-state index contributed by atoms with van der Waals surface area (Å²) in [5.74, 6) is -0.600. The van der Waals surface area contributed by atoms with Crippen molar-refractivity contribution in [3.63, 3.8) is 0 Å². The Kier molecular flexibility index (Phi) is 6.21. The second-order valence-electron chi connectivity index (χ2n) is 4.16. The number of amides is 1. The summed E-state index contributed by atoms with van der Waals surface area (Å²) in [5.41, 5.74) is 6.99. The van der Waals surface area contributed by atoms with Gasteiger partial charge in [0.05, 0.1) is 6.42 Å². The van der Waals surface area contributed by atoms with Crippen molar-refractivity contribution in [3.8, 4) is 0 Å². The molecule has 0 radical (unpaired) electrons. The number of carbonyl (C=O) groups is 2. The van der Waals surface area contributed by atoms with Crippen LogP contribution in [0.15, 0.2) is 24.3 Å². The monoisotopic (exact) mass is 282 g/mol. The molecule has 0 spiro atoms. The Balaban J connectivity index is 2.52. The molecule has 0 aliphatic carbocycles. The molecule has 1 aromatic rings. The first-order valence-electron chi connectivity index (χ1n) is 5.88. The van der Waals surface area contributed by atoms with Crippen LogP contribution in [-0.4, -0.2) is 35.0 Å². The second kappa shape index (κ2) is 7.68. The van der Waals surface area contributed by atoms with Crippen LogP contribution in [0.1, 0.15) is 12.0 Å². The van der Waals surface area contributed by atoms with Gasteiger partial charge in [-0.05, 0) is 36.1 Å². The number of hydrogen-bond acceptors (Lipinski definition) is 4. The van der Waals surface area contributed by atoms with Gasteiger partial charge in [0.2, 0.25) is 5.91 Å². The Morgan fingerprint density at radius 1 is 1.37 bits per heavy atom. The molecule has 0 aliphatic rings. The third-order valence-corrected chi connectivity index (χ3v) is 3.23. The van der Waals surface area contributed by atoms with Crippen molar-refractivity contribution in [1.29, 1.82) is 0 Å². The maximum absolute atomic E-state index is 11.8. The number of aliphatic carboxylic acids is 1. The minimum atomic E-state index is -1.00. The highest BCUT2D eigenvalue weighted by Crippen LogP contribution is 2.07. The van der Waals surface area contributed by atoms with Gasteiger partial charge in [-0.3, -0.25) is 4.79 Å². The van der Waals surface area contributed by atoms with Crippen molar-refractivity contribution >= 4 is 29.3 Å². The zero-order valence-electron chi connectivity index (χ0n) is 10.8. The van der Waals surface area contributed by atoms with Gasteiger partial charge < -0.3 is 16.2 Å². The second-order valence-corrected chi connectivity index (χ2v) is 5.14. The molecule has 0 heterocycles. The van der Waals surface area contributed by atoms with E-state index in [4.69, 9.17) is 10.8 Å². The number of carboxylic acids is 1. The van der Waals surface area contributed by atoms with E-state index in [9.17, 15) is 9.59 Å². The van der Waals surface area contributed by atoms with E-state index in [1.165, 1.54) is 0 Å². The Bertz CT molecular complexity index is 434. The zero-order chi connectivity index (χ0) is 14.3. The van der Waals surface area contributed by atoms with Crippen molar-refractivity contribution in [1.82, 2.24) is 5.32 Å². The minimum Gasteiger partial charge on any atom is -0.480 e. The summed E-state index contributed by atoms with van der Waals surface area (Å²) in [6.45, 7) is 0. The summed E-state index contributed by atoms with van der Waals surface area (Å²) >= 11 is 1.55. The van der Waals surface area contributed by atoms with Gasteiger partial charge >= 0.3 is 5.97 Å². The highest BCUT2D eigenvalue weighted by Gasteiger charge is 2.19. The lowest BCUT2D eigenvalue weighted by Gasteiger charge is -2.13. The van der Waals surface area contributed by atoms with Crippen LogP contribution >= 0.6 is 11.8 Å². The van der Waals surface area contributed by atoms with E-state index in [0.717, 1.165) is 5.56 Å². The number of hydrogen-bond donors (Lipinski definition) is 3. The van der Waals surface area contributed by atoms with Gasteiger partial charge in [0.25, 0.3) is 0 Å². The number of nitrogens with one attached hydrogen (secondary N) is 1. The number of thioether (sulfide) groups is 1. The van der Waals surface area contributed by atoms with E-state index in [0.29, 0.717) is 17.9 Å². The maximum atomic E-state index is 11.8. The lowest BCUT2D eigenvalue weighted by atomic mass is 10.1. The van der Waals surface area contributed by atoms with E-state index < -0.39 is 12.0 Å². The molecule has 104 valence electrons. The van der Waals surface area contributed by atoms with Gasteiger partial charge in [-0.1, -0.05) is 12.1 Å². The largest absolute Gasteiger partial charge is 0.480 e. The summed E-state index contributed by atoms with van der Waals surface area (Å²) < 4.78 is 0. The predicted octanol–water partition coefficient (Wildman–Crippen LogP) is 1.13. The van der Waals surface area contributed by atoms with Crippen LogP contribution in [-0.2, 0) is 16.0 Å². The van der Waals surface area contributed by atoms with Crippen molar-refractivity contribution in [2.45, 2.75) is 18.9 Å². The first-order valence-corrected chi connectivity index (χ1v) is 7.28. The number of nitrogen functional groups attached to an aromatic ring is 1. The van der Waals surface area contributed by atoms with Gasteiger partial charge in [-0.2, -0.15) is 11.8 Å². The Labute approximate surface area is 116 Å². The molecule has 0 aliphatic heterocycles. The van der Waals surface area contributed by atoms with Gasteiger partial charge in [0.15, 0.2) is 0 Å². The molecule has 0 saturated carbocycles. The molecule has 1 rings (SSSR count). The average molecular weight is 282 g/mol. The van der Waals surface area contributed by atoms with Crippen LogP contribution in [0.4, 0.5) is 5.69 Å². The van der Waals surface area contributed by atoms with Gasteiger partial charge in [-0.15, -0.1) is 0 Å². The third kappa shape index (κ3) is 5.65. The summed E-state index contributed by atoms with van der Waals surface area (Å²) in [6, 6.07) is 6.11. The van der Waals surface area contributed by atoms with E-state index in [2.05, 4.69) is 5.32 Å². The molecule has 6 heteroatoms. The molecule has 1 atom stereocenters. The van der Waals surface area contributed by atoms with Crippen molar-refractivity contribution in [3.05, 3.63) is 29.8 Å². The van der Waals surface area contributed by atoms with Crippen LogP contribution in [0.2, 0.25) is 0 Å². The van der Waals surface area contributed by atoms with Crippen LogP contribution in [0, 0.1) is 0 Å². The fourth-order valence-electron chi connectivity index (χ4n) is 1.56. The molecule has 0 fully saturated rings. The number of rotatable bonds is 7.